The van der Waals surface area contributed by atoms with Gasteiger partial charge in [0.1, 0.15) is 24.5 Å². The maximum atomic E-state index is 14.4. The highest BCUT2D eigenvalue weighted by Crippen LogP contribution is 2.28. The highest BCUT2D eigenvalue weighted by atomic mass is 19.1. The SMILES string of the molecule is CCCC(O)n1c(CN2CC=C(c3cccc(OCc4ccc(C(C)=O)cc4F)n3)CC2)nc2ccc(C(=O)O)cc21. The number of carboxylic acids is 1. The third kappa shape index (κ3) is 6.40. The lowest BCUT2D eigenvalue weighted by Crippen LogP contribution is -2.30. The first-order valence-corrected chi connectivity index (χ1v) is 14.0. The highest BCUT2D eigenvalue weighted by Gasteiger charge is 2.22. The summed E-state index contributed by atoms with van der Waals surface area (Å²) in [6, 6.07) is 14.6. The lowest BCUT2D eigenvalue weighted by Gasteiger charge is -2.27. The number of carboxylic acid groups (broad SMARTS) is 1. The van der Waals surface area contributed by atoms with Crippen molar-refractivity contribution in [2.45, 2.75) is 52.5 Å². The number of hydrogen-bond donors (Lipinski definition) is 2. The van der Waals surface area contributed by atoms with Gasteiger partial charge in [0.25, 0.3) is 0 Å². The number of ether oxygens (including phenoxy) is 1. The number of aromatic nitrogens is 3. The minimum atomic E-state index is -1.02. The maximum Gasteiger partial charge on any atom is 0.335 e. The van der Waals surface area contributed by atoms with Gasteiger partial charge < -0.3 is 19.5 Å². The van der Waals surface area contributed by atoms with Gasteiger partial charge in [-0.05, 0) is 55.7 Å². The number of halogens is 1. The number of aliphatic hydroxyl groups is 1. The molecule has 5 rings (SSSR count). The first-order valence-electron chi connectivity index (χ1n) is 14.0. The number of ketones is 1. The second kappa shape index (κ2) is 12.6. The van der Waals surface area contributed by atoms with E-state index in [9.17, 15) is 24.2 Å². The Morgan fingerprint density at radius 2 is 1.90 bits per heavy atom. The number of carbonyl (C=O) groups is 2. The second-order valence-electron chi connectivity index (χ2n) is 10.4. The van der Waals surface area contributed by atoms with Gasteiger partial charge in [-0.2, -0.15) is 0 Å². The van der Waals surface area contributed by atoms with E-state index in [4.69, 9.17) is 9.72 Å². The van der Waals surface area contributed by atoms with Crippen LogP contribution in [0, 0.1) is 5.82 Å². The van der Waals surface area contributed by atoms with Crippen molar-refractivity contribution < 1.29 is 28.9 Å². The van der Waals surface area contributed by atoms with E-state index in [2.05, 4.69) is 16.0 Å². The summed E-state index contributed by atoms with van der Waals surface area (Å²) in [5.41, 5.74) is 3.92. The number of rotatable bonds is 11. The highest BCUT2D eigenvalue weighted by molar-refractivity contribution is 5.94. The predicted molar refractivity (Wildman–Crippen MR) is 156 cm³/mol. The number of hydrogen-bond acceptors (Lipinski definition) is 7. The summed E-state index contributed by atoms with van der Waals surface area (Å²) in [6.07, 6.45) is 3.33. The Hall–Kier alpha value is -4.41. The Balaban J connectivity index is 1.28. The topological polar surface area (TPSA) is 118 Å². The molecule has 10 heteroatoms. The van der Waals surface area contributed by atoms with Crippen molar-refractivity contribution in [1.29, 1.82) is 0 Å². The Kier molecular flexibility index (Phi) is 8.75. The summed E-state index contributed by atoms with van der Waals surface area (Å²) < 4.78 is 21.9. The van der Waals surface area contributed by atoms with Crippen LogP contribution in [0.3, 0.4) is 0 Å². The predicted octanol–water partition coefficient (Wildman–Crippen LogP) is 5.63. The third-order valence-corrected chi connectivity index (χ3v) is 7.40. The van der Waals surface area contributed by atoms with E-state index in [0.717, 1.165) is 30.7 Å². The molecule has 0 saturated carbocycles. The van der Waals surface area contributed by atoms with Crippen LogP contribution in [0.15, 0.2) is 60.7 Å². The first-order chi connectivity index (χ1) is 20.2. The minimum absolute atomic E-state index is 0.00780. The molecule has 0 saturated heterocycles. The zero-order valence-electron chi connectivity index (χ0n) is 23.6. The van der Waals surface area contributed by atoms with Gasteiger partial charge in [-0.25, -0.2) is 19.2 Å². The molecular formula is C32H33FN4O5. The molecule has 0 amide bonds. The quantitative estimate of drug-likeness (QED) is 0.222. The number of benzene rings is 2. The second-order valence-corrected chi connectivity index (χ2v) is 10.4. The third-order valence-electron chi connectivity index (χ3n) is 7.40. The number of aliphatic hydroxyl groups excluding tert-OH is 1. The van der Waals surface area contributed by atoms with Crippen molar-refractivity contribution in [1.82, 2.24) is 19.4 Å². The molecule has 0 spiro atoms. The van der Waals surface area contributed by atoms with E-state index in [-0.39, 0.29) is 18.0 Å². The molecule has 2 aromatic carbocycles. The molecule has 1 aliphatic heterocycles. The summed E-state index contributed by atoms with van der Waals surface area (Å²) in [4.78, 5) is 34.6. The largest absolute Gasteiger partial charge is 0.478 e. The Bertz CT molecular complexity index is 1660. The van der Waals surface area contributed by atoms with Crippen molar-refractivity contribution in [2.75, 3.05) is 13.1 Å². The summed E-state index contributed by atoms with van der Waals surface area (Å²) in [6.45, 7) is 5.24. The van der Waals surface area contributed by atoms with Crippen molar-refractivity contribution in [3.05, 3.63) is 94.7 Å². The normalized spacial score (nSPS) is 14.5. The van der Waals surface area contributed by atoms with Gasteiger partial charge in [-0.1, -0.05) is 37.6 Å². The van der Waals surface area contributed by atoms with Gasteiger partial charge in [0.2, 0.25) is 5.88 Å². The van der Waals surface area contributed by atoms with Crippen molar-refractivity contribution in [3.8, 4) is 5.88 Å². The lowest BCUT2D eigenvalue weighted by molar-refractivity contribution is 0.0695. The molecule has 4 aromatic rings. The summed E-state index contributed by atoms with van der Waals surface area (Å²) >= 11 is 0. The fraction of sp³-hybridized carbons (Fsp3) is 0.312. The molecule has 218 valence electrons. The standard InChI is InChI=1S/C32H33FN4O5/c1-3-5-31(39)37-28-17-23(32(40)41)10-11-27(28)34-29(37)18-36-14-12-21(13-15-36)26-6-4-7-30(35-26)42-19-24-9-8-22(20(2)38)16-25(24)33/h4,6-12,16-17,31,39H,3,5,13-15,18-19H2,1-2H3,(H,40,41). The van der Waals surface area contributed by atoms with Gasteiger partial charge in [0.05, 0.1) is 28.8 Å². The number of aromatic carboxylic acids is 1. The Morgan fingerprint density at radius 3 is 2.60 bits per heavy atom. The summed E-state index contributed by atoms with van der Waals surface area (Å²) in [7, 11) is 0. The Morgan fingerprint density at radius 1 is 1.10 bits per heavy atom. The molecule has 2 N–H and O–H groups in total. The van der Waals surface area contributed by atoms with Crippen LogP contribution in [-0.4, -0.2) is 54.5 Å². The van der Waals surface area contributed by atoms with E-state index in [1.54, 1.807) is 34.9 Å². The average molecular weight is 573 g/mol. The van der Waals surface area contributed by atoms with E-state index in [1.165, 1.54) is 19.1 Å². The molecule has 1 atom stereocenters. The van der Waals surface area contributed by atoms with Gasteiger partial charge in [0, 0.05) is 30.3 Å². The molecule has 3 heterocycles. The van der Waals surface area contributed by atoms with Gasteiger partial charge in [-0.3, -0.25) is 9.69 Å². The number of pyridine rings is 1. The van der Waals surface area contributed by atoms with Crippen molar-refractivity contribution >= 4 is 28.4 Å². The van der Waals surface area contributed by atoms with Crippen LogP contribution < -0.4 is 4.74 Å². The number of Topliss-reactive ketones (excluding diaryl/α,β-unsaturated/α-hetero) is 1. The smallest absolute Gasteiger partial charge is 0.335 e. The van der Waals surface area contributed by atoms with E-state index < -0.39 is 18.0 Å². The van der Waals surface area contributed by atoms with Crippen LogP contribution in [-0.2, 0) is 13.2 Å². The molecule has 0 aliphatic carbocycles. The van der Waals surface area contributed by atoms with Gasteiger partial charge in [0.15, 0.2) is 5.78 Å². The molecule has 2 aromatic heterocycles. The molecule has 0 radical (unpaired) electrons. The van der Waals surface area contributed by atoms with E-state index in [1.807, 2.05) is 19.1 Å². The lowest BCUT2D eigenvalue weighted by atomic mass is 10.0. The molecule has 9 nitrogen and oxygen atoms in total. The maximum absolute atomic E-state index is 14.4. The molecule has 42 heavy (non-hydrogen) atoms. The van der Waals surface area contributed by atoms with Crippen LogP contribution >= 0.6 is 0 Å². The molecule has 0 bridgehead atoms. The molecule has 1 unspecified atom stereocenters. The van der Waals surface area contributed by atoms with E-state index >= 15 is 0 Å². The molecule has 0 fully saturated rings. The fourth-order valence-electron chi connectivity index (χ4n) is 5.10. The van der Waals surface area contributed by atoms with Crippen LogP contribution in [0.4, 0.5) is 4.39 Å². The van der Waals surface area contributed by atoms with Crippen LogP contribution in [0.1, 0.15) is 77.1 Å². The fourth-order valence-corrected chi connectivity index (χ4v) is 5.10. The van der Waals surface area contributed by atoms with E-state index in [0.29, 0.717) is 53.4 Å². The van der Waals surface area contributed by atoms with Crippen LogP contribution in [0.25, 0.3) is 16.6 Å². The number of carbonyl (C=O) groups excluding carboxylic acids is 1. The summed E-state index contributed by atoms with van der Waals surface area (Å²) in [5, 5.41) is 20.4. The van der Waals surface area contributed by atoms with Crippen LogP contribution in [0.5, 0.6) is 5.88 Å². The number of imidazole rings is 1. The zero-order chi connectivity index (χ0) is 29.8. The zero-order valence-corrected chi connectivity index (χ0v) is 23.6. The molecular weight excluding hydrogens is 539 g/mol. The van der Waals surface area contributed by atoms with Crippen LogP contribution in [0.2, 0.25) is 0 Å². The first kappa shape index (κ1) is 29.1. The Labute approximate surface area is 242 Å². The minimum Gasteiger partial charge on any atom is -0.478 e. The monoisotopic (exact) mass is 572 g/mol. The summed E-state index contributed by atoms with van der Waals surface area (Å²) in [5.74, 6) is -0.653. The van der Waals surface area contributed by atoms with Gasteiger partial charge in [-0.15, -0.1) is 0 Å². The molecule has 1 aliphatic rings. The average Bonchev–Trinajstić information content (AvgIpc) is 3.34. The number of fused-ring (bicyclic) bond motifs is 1. The van der Waals surface area contributed by atoms with Crippen molar-refractivity contribution in [2.24, 2.45) is 0 Å². The van der Waals surface area contributed by atoms with Crippen molar-refractivity contribution in [3.63, 3.8) is 0 Å². The number of nitrogens with zero attached hydrogens (tertiary/aromatic N) is 4. The van der Waals surface area contributed by atoms with Gasteiger partial charge >= 0.3 is 5.97 Å².